The Hall–Kier alpha value is -2.34. The SMILES string of the molecule is C=CCBr.C=CCBr.C=CCN(C(C)C)S(=O)(=O)N(CC=C)C(C)C.C=CCN(C(C)COOC)S(=O)(=O)N(CC=C)C(C)C(=O)OC.CC(C)NS(=O)(=O)NC(C)C.COOCC(C)NS(=O)(=O)NC(C)C(=O)OC. The van der Waals surface area contributed by atoms with E-state index in [0.717, 1.165) is 15.0 Å². The van der Waals surface area contributed by atoms with E-state index in [9.17, 15) is 43.3 Å². The molecule has 30 heteroatoms. The molecule has 0 aromatic carbocycles. The van der Waals surface area contributed by atoms with Gasteiger partial charge in [0.1, 0.15) is 12.1 Å². The average Bonchev–Trinajstić information content (AvgIpc) is 3.32. The normalized spacial score (nSPS) is 13.2. The van der Waals surface area contributed by atoms with Gasteiger partial charge in [-0.2, -0.15) is 69.8 Å². The molecule has 0 aromatic rings. The van der Waals surface area contributed by atoms with Crippen molar-refractivity contribution in [2.75, 3.05) is 78.5 Å². The highest BCUT2D eigenvalue weighted by Gasteiger charge is 2.38. The molecule has 0 bridgehead atoms. The van der Waals surface area contributed by atoms with Crippen molar-refractivity contribution in [3.8, 4) is 0 Å². The van der Waals surface area contributed by atoms with Crippen LogP contribution in [0.1, 0.15) is 83.1 Å². The molecule has 0 aliphatic rings. The number of halogens is 2. The van der Waals surface area contributed by atoms with E-state index < -0.39 is 76.9 Å². The zero-order valence-electron chi connectivity index (χ0n) is 47.7. The van der Waals surface area contributed by atoms with Crippen molar-refractivity contribution >= 4 is 84.6 Å². The van der Waals surface area contributed by atoms with Crippen molar-refractivity contribution in [1.29, 1.82) is 0 Å². The van der Waals surface area contributed by atoms with E-state index in [1.807, 2.05) is 27.7 Å². The molecule has 0 radical (unpaired) electrons. The Balaban J connectivity index is -0.000000209. The Kier molecular flexibility index (Phi) is 54.3. The molecule has 0 amide bonds. The number of methoxy groups -OCH3 is 2. The summed E-state index contributed by atoms with van der Waals surface area (Å²) in [6.07, 6.45) is 9.64. The fraction of sp³-hybridized carbons (Fsp3) is 0.696. The number of hydrogen-bond acceptors (Lipinski definition) is 16. The molecule has 0 heterocycles. The van der Waals surface area contributed by atoms with Gasteiger partial charge in [0, 0.05) is 67.0 Å². The van der Waals surface area contributed by atoms with Crippen LogP contribution in [0.2, 0.25) is 0 Å². The molecular weight excluding hydrogens is 1210 g/mol. The fourth-order valence-corrected chi connectivity index (χ4v) is 11.3. The number of carbonyl (C=O) groups is 2. The Labute approximate surface area is 475 Å². The number of alkyl halides is 2. The van der Waals surface area contributed by atoms with Gasteiger partial charge in [0.15, 0.2) is 0 Å². The first-order valence-corrected chi connectivity index (χ1v) is 31.5. The van der Waals surface area contributed by atoms with Crippen molar-refractivity contribution in [3.05, 3.63) is 75.9 Å². The standard InChI is InChI=1S/C14H26N2O6S.C12H24N2O2S.C8H18N2O6S.C6H16N2O2S.2C3H5Br/c1-7-9-15(12(3)11-22-21-6)23(18,19)16(10-8-2)13(4)14(17)20-5;1-7-9-13(11(3)4)17(15,16)14(10-8-2)12(5)6;1-6(5-16-15-4)9-17(12,13)10-7(2)8(11)14-3;1-5(2)7-11(9,10)8-6(3)4;2*1-2-3-4/h7-8,12-13H,1-2,9-11H2,3-6H3;7-8,11-12H,1-2,9-10H2,3-6H3;6-7,9-10H,5H2,1-4H3;5-8H,1-4H3;2*2H,1,3H2. The minimum Gasteiger partial charge on any atom is -0.468 e. The lowest BCUT2D eigenvalue weighted by Crippen LogP contribution is -2.53. The predicted octanol–water partition coefficient (Wildman–Crippen LogP) is 5.06. The summed E-state index contributed by atoms with van der Waals surface area (Å²) in [5.41, 5.74) is 0. The van der Waals surface area contributed by atoms with Crippen LogP contribution in [0.5, 0.6) is 0 Å². The van der Waals surface area contributed by atoms with E-state index in [1.54, 1.807) is 65.8 Å². The lowest BCUT2D eigenvalue weighted by atomic mass is 10.3. The summed E-state index contributed by atoms with van der Waals surface area (Å²) < 4.78 is 119. The minimum atomic E-state index is -3.98. The minimum absolute atomic E-state index is 0.0259. The molecule has 0 aromatic heterocycles. The summed E-state index contributed by atoms with van der Waals surface area (Å²) in [6.45, 7) is 42.5. The van der Waals surface area contributed by atoms with Crippen LogP contribution < -0.4 is 18.9 Å². The van der Waals surface area contributed by atoms with E-state index in [1.165, 1.54) is 67.4 Å². The monoisotopic (exact) mass is 1300 g/mol. The van der Waals surface area contributed by atoms with Crippen LogP contribution in [-0.4, -0.2) is 190 Å². The predicted molar refractivity (Wildman–Crippen MR) is 312 cm³/mol. The van der Waals surface area contributed by atoms with E-state index in [-0.39, 0.29) is 50.5 Å². The zero-order chi connectivity index (χ0) is 61.1. The van der Waals surface area contributed by atoms with Gasteiger partial charge in [-0.1, -0.05) is 68.3 Å². The molecule has 0 aliphatic heterocycles. The summed E-state index contributed by atoms with van der Waals surface area (Å²) in [5, 5.41) is 1.79. The number of nitrogens with zero attached hydrogens (tertiary/aromatic N) is 4. The van der Waals surface area contributed by atoms with Crippen LogP contribution in [0.15, 0.2) is 75.9 Å². The zero-order valence-corrected chi connectivity index (χ0v) is 54.1. The molecule has 4 N–H and O–H groups in total. The molecule has 24 nitrogen and oxygen atoms in total. The maximum Gasteiger partial charge on any atom is 0.323 e. The second-order valence-corrected chi connectivity index (χ2v) is 24.3. The van der Waals surface area contributed by atoms with Gasteiger partial charge in [-0.3, -0.25) is 9.59 Å². The number of hydrogen-bond donors (Lipinski definition) is 4. The van der Waals surface area contributed by atoms with E-state index in [2.05, 4.69) is 114 Å². The van der Waals surface area contributed by atoms with Crippen LogP contribution in [-0.2, 0) is 79.5 Å². The topological polar surface area (TPSA) is 287 Å². The summed E-state index contributed by atoms with van der Waals surface area (Å²) in [5.74, 6) is -1.33. The van der Waals surface area contributed by atoms with Crippen LogP contribution >= 0.6 is 31.9 Å². The number of ether oxygens (including phenoxy) is 2. The van der Waals surface area contributed by atoms with E-state index >= 15 is 0 Å². The Bertz CT molecular complexity index is 2000. The second-order valence-electron chi connectivity index (χ2n) is 16.4. The van der Waals surface area contributed by atoms with Gasteiger partial charge in [0.25, 0.3) is 40.8 Å². The van der Waals surface area contributed by atoms with Crippen molar-refractivity contribution in [2.45, 2.75) is 131 Å². The van der Waals surface area contributed by atoms with Gasteiger partial charge in [-0.05, 0) is 83.1 Å². The Morgan fingerprint density at radius 1 is 0.474 bits per heavy atom. The largest absolute Gasteiger partial charge is 0.468 e. The summed E-state index contributed by atoms with van der Waals surface area (Å²) in [6, 6.07) is -3.31. The van der Waals surface area contributed by atoms with Crippen LogP contribution in [0.4, 0.5) is 0 Å². The molecule has 0 aliphatic carbocycles. The number of rotatable bonds is 34. The van der Waals surface area contributed by atoms with Gasteiger partial charge in [0.2, 0.25) is 0 Å². The molecule has 76 heavy (non-hydrogen) atoms. The molecule has 0 spiro atoms. The highest BCUT2D eigenvalue weighted by molar-refractivity contribution is 9.09. The number of esters is 2. The number of allylic oxidation sites excluding steroid dienone is 2. The number of carbonyl (C=O) groups excluding carboxylic acids is 2. The Morgan fingerprint density at radius 3 is 1.09 bits per heavy atom. The maximum absolute atomic E-state index is 12.9. The third-order valence-electron chi connectivity index (χ3n) is 8.15. The maximum atomic E-state index is 12.9. The summed E-state index contributed by atoms with van der Waals surface area (Å²) in [7, 11) is -9.49. The lowest BCUT2D eigenvalue weighted by molar-refractivity contribution is -0.277. The first-order chi connectivity index (χ1) is 35.0. The fourth-order valence-electron chi connectivity index (χ4n) is 5.03. The Morgan fingerprint density at radius 2 is 0.789 bits per heavy atom. The molecule has 452 valence electrons. The first-order valence-electron chi connectivity index (χ1n) is 23.4. The third-order valence-corrected chi connectivity index (χ3v) is 16.5. The second kappa shape index (κ2) is 48.6. The van der Waals surface area contributed by atoms with Crippen molar-refractivity contribution in [2.24, 2.45) is 0 Å². The highest BCUT2D eigenvalue weighted by atomic mass is 79.9. The smallest absolute Gasteiger partial charge is 0.323 e. The molecule has 0 fully saturated rings. The van der Waals surface area contributed by atoms with Gasteiger partial charge >= 0.3 is 11.9 Å². The van der Waals surface area contributed by atoms with Crippen LogP contribution in [0, 0.1) is 0 Å². The molecule has 4 atom stereocenters. The van der Waals surface area contributed by atoms with Crippen molar-refractivity contribution in [1.82, 2.24) is 36.1 Å². The molecular formula is C46H94Br2N8O16S4. The van der Waals surface area contributed by atoms with Crippen LogP contribution in [0.3, 0.4) is 0 Å². The molecule has 4 unspecified atom stereocenters. The lowest BCUT2D eigenvalue weighted by Gasteiger charge is -2.34. The van der Waals surface area contributed by atoms with Crippen LogP contribution in [0.25, 0.3) is 0 Å². The van der Waals surface area contributed by atoms with E-state index in [0.29, 0.717) is 13.1 Å². The summed E-state index contributed by atoms with van der Waals surface area (Å²) >= 11 is 6.26. The third kappa shape index (κ3) is 42.6. The summed E-state index contributed by atoms with van der Waals surface area (Å²) in [4.78, 5) is 41.0. The van der Waals surface area contributed by atoms with Gasteiger partial charge in [0.05, 0.1) is 47.7 Å². The van der Waals surface area contributed by atoms with Gasteiger partial charge in [-0.15, -0.1) is 39.5 Å². The van der Waals surface area contributed by atoms with Crippen molar-refractivity contribution < 1.29 is 72.3 Å². The van der Waals surface area contributed by atoms with Crippen molar-refractivity contribution in [3.63, 3.8) is 0 Å². The first kappa shape index (κ1) is 84.9. The van der Waals surface area contributed by atoms with Gasteiger partial charge in [-0.25, -0.2) is 19.6 Å². The molecule has 0 saturated heterocycles. The van der Waals surface area contributed by atoms with Gasteiger partial charge < -0.3 is 9.47 Å². The quantitative estimate of drug-likeness (QED) is 0.0215. The average molecular weight is 1300 g/mol. The molecule has 0 saturated carbocycles. The van der Waals surface area contributed by atoms with E-state index in [4.69, 9.17) is 4.89 Å². The molecule has 0 rings (SSSR count). The highest BCUT2D eigenvalue weighted by Crippen LogP contribution is 2.18. The number of nitrogens with one attached hydrogen (secondary N) is 4.